The average molecular weight is 183 g/mol. The number of carbonyl (C=O) groups is 1. The number of aryl methyl sites for hydroxylation is 1. The van der Waals surface area contributed by atoms with Gasteiger partial charge in [0.1, 0.15) is 12.6 Å². The van der Waals surface area contributed by atoms with Gasteiger partial charge in [-0.15, -0.1) is 11.3 Å². The molecule has 0 unspecified atom stereocenters. The standard InChI is InChI=1S/C8H9NO2S/c1-5-2-3-12-7(5)6-4-11-8(10)9-6/h2-3,6H,4H2,1H3,(H,9,10)/t6-/m0/s1. The van der Waals surface area contributed by atoms with Gasteiger partial charge in [0, 0.05) is 4.88 Å². The second kappa shape index (κ2) is 2.79. The molecule has 1 atom stereocenters. The van der Waals surface area contributed by atoms with Crippen LogP contribution >= 0.6 is 11.3 Å². The Morgan fingerprint density at radius 3 is 3.08 bits per heavy atom. The fraction of sp³-hybridized carbons (Fsp3) is 0.375. The van der Waals surface area contributed by atoms with Crippen molar-refractivity contribution in [3.63, 3.8) is 0 Å². The molecule has 4 heteroatoms. The summed E-state index contributed by atoms with van der Waals surface area (Å²) in [5.41, 5.74) is 1.22. The number of nitrogens with one attached hydrogen (secondary N) is 1. The minimum Gasteiger partial charge on any atom is -0.447 e. The molecular weight excluding hydrogens is 174 g/mol. The van der Waals surface area contributed by atoms with E-state index in [1.807, 2.05) is 18.4 Å². The summed E-state index contributed by atoms with van der Waals surface area (Å²) in [5.74, 6) is 0. The summed E-state index contributed by atoms with van der Waals surface area (Å²) in [7, 11) is 0. The molecule has 12 heavy (non-hydrogen) atoms. The Hall–Kier alpha value is -1.03. The van der Waals surface area contributed by atoms with Crippen molar-refractivity contribution in [1.82, 2.24) is 5.32 Å². The molecule has 1 amide bonds. The van der Waals surface area contributed by atoms with Gasteiger partial charge >= 0.3 is 6.09 Å². The van der Waals surface area contributed by atoms with Gasteiger partial charge in [-0.25, -0.2) is 4.79 Å². The molecule has 1 saturated heterocycles. The second-order valence-corrected chi connectivity index (χ2v) is 3.71. The number of thiophene rings is 1. The summed E-state index contributed by atoms with van der Waals surface area (Å²) < 4.78 is 4.80. The Morgan fingerprint density at radius 1 is 1.75 bits per heavy atom. The number of hydrogen-bond donors (Lipinski definition) is 1. The van der Waals surface area contributed by atoms with Crippen molar-refractivity contribution in [3.8, 4) is 0 Å². The van der Waals surface area contributed by atoms with Crippen LogP contribution < -0.4 is 5.32 Å². The van der Waals surface area contributed by atoms with E-state index in [-0.39, 0.29) is 12.1 Å². The van der Waals surface area contributed by atoms with Crippen LogP contribution in [0.5, 0.6) is 0 Å². The van der Waals surface area contributed by atoms with Crippen LogP contribution in [0.25, 0.3) is 0 Å². The van der Waals surface area contributed by atoms with Crippen molar-refractivity contribution >= 4 is 17.4 Å². The van der Waals surface area contributed by atoms with Gasteiger partial charge in [0.2, 0.25) is 0 Å². The number of alkyl carbamates (subject to hydrolysis) is 1. The van der Waals surface area contributed by atoms with Crippen LogP contribution in [0.1, 0.15) is 16.5 Å². The number of cyclic esters (lactones) is 1. The van der Waals surface area contributed by atoms with Gasteiger partial charge in [-0.1, -0.05) is 0 Å². The van der Waals surface area contributed by atoms with E-state index in [9.17, 15) is 4.79 Å². The highest BCUT2D eigenvalue weighted by atomic mass is 32.1. The summed E-state index contributed by atoms with van der Waals surface area (Å²) in [5, 5.41) is 4.77. The van der Waals surface area contributed by atoms with E-state index in [1.54, 1.807) is 11.3 Å². The van der Waals surface area contributed by atoms with Crippen molar-refractivity contribution in [2.75, 3.05) is 6.61 Å². The summed E-state index contributed by atoms with van der Waals surface area (Å²) in [6.07, 6.45) is -0.312. The van der Waals surface area contributed by atoms with Crippen LogP contribution in [-0.2, 0) is 4.74 Å². The molecule has 2 heterocycles. The molecule has 0 aromatic carbocycles. The number of hydrogen-bond acceptors (Lipinski definition) is 3. The molecule has 1 fully saturated rings. The predicted molar refractivity (Wildman–Crippen MR) is 46.3 cm³/mol. The molecule has 1 aromatic heterocycles. The summed E-state index contributed by atoms with van der Waals surface area (Å²) in [6.45, 7) is 2.50. The fourth-order valence-corrected chi connectivity index (χ4v) is 2.23. The fourth-order valence-electron chi connectivity index (χ4n) is 1.27. The molecule has 1 aliphatic rings. The van der Waals surface area contributed by atoms with E-state index in [1.165, 1.54) is 10.4 Å². The molecule has 0 radical (unpaired) electrons. The average Bonchev–Trinajstić information content (AvgIpc) is 2.58. The summed E-state index contributed by atoms with van der Waals surface area (Å²) in [4.78, 5) is 11.9. The van der Waals surface area contributed by atoms with Crippen LogP contribution in [0, 0.1) is 6.92 Å². The highest BCUT2D eigenvalue weighted by Gasteiger charge is 2.25. The molecule has 1 aromatic rings. The maximum Gasteiger partial charge on any atom is 0.407 e. The Kier molecular flexibility index (Phi) is 1.77. The van der Waals surface area contributed by atoms with Crippen LogP contribution in [0.3, 0.4) is 0 Å². The Labute approximate surface area is 74.4 Å². The van der Waals surface area contributed by atoms with Crippen molar-refractivity contribution in [2.24, 2.45) is 0 Å². The molecule has 64 valence electrons. The lowest BCUT2D eigenvalue weighted by Gasteiger charge is -2.04. The third kappa shape index (κ3) is 1.18. The highest BCUT2D eigenvalue weighted by molar-refractivity contribution is 7.10. The molecule has 0 aliphatic carbocycles. The SMILES string of the molecule is Cc1ccsc1[C@@H]1COC(=O)N1. The zero-order chi connectivity index (χ0) is 8.55. The van der Waals surface area contributed by atoms with E-state index in [4.69, 9.17) is 4.74 Å². The zero-order valence-corrected chi connectivity index (χ0v) is 7.48. The normalized spacial score (nSPS) is 22.1. The van der Waals surface area contributed by atoms with Crippen molar-refractivity contribution in [1.29, 1.82) is 0 Å². The maximum atomic E-state index is 10.7. The van der Waals surface area contributed by atoms with E-state index in [0.717, 1.165) is 0 Å². The third-order valence-corrected chi connectivity index (χ3v) is 3.02. The number of rotatable bonds is 1. The van der Waals surface area contributed by atoms with E-state index in [2.05, 4.69) is 5.32 Å². The topological polar surface area (TPSA) is 38.3 Å². The highest BCUT2D eigenvalue weighted by Crippen LogP contribution is 2.26. The largest absolute Gasteiger partial charge is 0.447 e. The Balaban J connectivity index is 2.21. The Bertz CT molecular complexity index is 308. The van der Waals surface area contributed by atoms with Gasteiger partial charge in [-0.05, 0) is 23.9 Å². The first kappa shape index (κ1) is 7.61. The van der Waals surface area contributed by atoms with E-state index >= 15 is 0 Å². The molecular formula is C8H9NO2S. The minimum absolute atomic E-state index is 0.0671. The van der Waals surface area contributed by atoms with E-state index in [0.29, 0.717) is 6.61 Å². The van der Waals surface area contributed by atoms with Crippen LogP contribution in [-0.4, -0.2) is 12.7 Å². The molecule has 1 aliphatic heterocycles. The first-order chi connectivity index (χ1) is 5.77. The van der Waals surface area contributed by atoms with Crippen LogP contribution in [0.4, 0.5) is 4.79 Å². The first-order valence-corrected chi connectivity index (χ1v) is 4.62. The van der Waals surface area contributed by atoms with Crippen LogP contribution in [0.2, 0.25) is 0 Å². The van der Waals surface area contributed by atoms with Gasteiger partial charge in [0.25, 0.3) is 0 Å². The second-order valence-electron chi connectivity index (χ2n) is 2.76. The van der Waals surface area contributed by atoms with Gasteiger partial charge in [0.15, 0.2) is 0 Å². The molecule has 2 rings (SSSR count). The number of carbonyl (C=O) groups excluding carboxylic acids is 1. The van der Waals surface area contributed by atoms with Gasteiger partial charge < -0.3 is 10.1 Å². The van der Waals surface area contributed by atoms with Gasteiger partial charge in [-0.2, -0.15) is 0 Å². The maximum absolute atomic E-state index is 10.7. The minimum atomic E-state index is -0.312. The molecule has 3 nitrogen and oxygen atoms in total. The summed E-state index contributed by atoms with van der Waals surface area (Å²) >= 11 is 1.65. The predicted octanol–water partition coefficient (Wildman–Crippen LogP) is 1.84. The monoisotopic (exact) mass is 183 g/mol. The zero-order valence-electron chi connectivity index (χ0n) is 6.66. The lowest BCUT2D eigenvalue weighted by atomic mass is 10.2. The van der Waals surface area contributed by atoms with Gasteiger partial charge in [0.05, 0.1) is 0 Å². The Morgan fingerprint density at radius 2 is 2.58 bits per heavy atom. The quantitative estimate of drug-likeness (QED) is 0.721. The molecule has 0 bridgehead atoms. The first-order valence-electron chi connectivity index (χ1n) is 3.74. The molecule has 0 spiro atoms. The van der Waals surface area contributed by atoms with Gasteiger partial charge in [-0.3, -0.25) is 0 Å². The lowest BCUT2D eigenvalue weighted by Crippen LogP contribution is -2.17. The lowest BCUT2D eigenvalue weighted by molar-refractivity contribution is 0.177. The van der Waals surface area contributed by atoms with Crippen molar-refractivity contribution in [3.05, 3.63) is 21.9 Å². The van der Waals surface area contributed by atoms with Crippen molar-refractivity contribution < 1.29 is 9.53 Å². The molecule has 1 N–H and O–H groups in total. The number of amides is 1. The smallest absolute Gasteiger partial charge is 0.407 e. The van der Waals surface area contributed by atoms with E-state index < -0.39 is 0 Å². The summed E-state index contributed by atoms with van der Waals surface area (Å²) in [6, 6.07) is 2.11. The third-order valence-electron chi connectivity index (χ3n) is 1.89. The number of ether oxygens (including phenoxy) is 1. The molecule has 0 saturated carbocycles. The van der Waals surface area contributed by atoms with Crippen LogP contribution in [0.15, 0.2) is 11.4 Å². The van der Waals surface area contributed by atoms with Crippen molar-refractivity contribution in [2.45, 2.75) is 13.0 Å².